The Hall–Kier alpha value is -0.0951. The van der Waals surface area contributed by atoms with E-state index in [2.05, 4.69) is 20.8 Å². The third-order valence-electron chi connectivity index (χ3n) is 3.00. The Balaban J connectivity index is 2.60. The first-order chi connectivity index (χ1) is 8.29. The lowest BCUT2D eigenvalue weighted by atomic mass is 9.85. The molecular weight excluding hydrogens is 231 g/mol. The van der Waals surface area contributed by atoms with Crippen molar-refractivity contribution in [1.29, 1.82) is 0 Å². The van der Waals surface area contributed by atoms with Gasteiger partial charge in [0.2, 0.25) is 13.7 Å². The van der Waals surface area contributed by atoms with Crippen LogP contribution in [0.3, 0.4) is 0 Å². The molecule has 0 saturated carbocycles. The Morgan fingerprint density at radius 3 is 2.61 bits per heavy atom. The summed E-state index contributed by atoms with van der Waals surface area (Å²) in [6.07, 6.45) is 1.07. The van der Waals surface area contributed by atoms with Gasteiger partial charge in [-0.1, -0.05) is 20.8 Å². The lowest BCUT2D eigenvalue weighted by molar-refractivity contribution is -0.401. The summed E-state index contributed by atoms with van der Waals surface area (Å²) >= 11 is 0. The van der Waals surface area contributed by atoms with E-state index in [9.17, 15) is 0 Å². The van der Waals surface area contributed by atoms with Gasteiger partial charge in [-0.3, -0.25) is 0 Å². The highest BCUT2D eigenvalue weighted by atomic mass is 16.9. The quantitative estimate of drug-likeness (QED) is 0.534. The Morgan fingerprint density at radius 2 is 2.06 bits per heavy atom. The molecule has 1 rings (SSSR count). The number of hydrogen-bond donors (Lipinski definition) is 0. The van der Waals surface area contributed by atoms with Crippen LogP contribution in [0, 0.1) is 5.41 Å². The number of hydrogen-bond acceptors (Lipinski definition) is 4. The zero-order chi connectivity index (χ0) is 13.8. The molecule has 0 N–H and O–H groups in total. The van der Waals surface area contributed by atoms with Gasteiger partial charge in [-0.05, 0) is 20.3 Å². The van der Waals surface area contributed by atoms with Crippen molar-refractivity contribution in [3.8, 4) is 0 Å². The van der Waals surface area contributed by atoms with Gasteiger partial charge in [0.1, 0.15) is 0 Å². The van der Waals surface area contributed by atoms with Crippen molar-refractivity contribution in [1.82, 2.24) is 0 Å². The maximum Gasteiger partial charge on any atom is 0.230 e. The second-order valence-electron chi connectivity index (χ2n) is 5.99. The molecule has 4 nitrogen and oxygen atoms in total. The van der Waals surface area contributed by atoms with Crippen LogP contribution in [0.4, 0.5) is 0 Å². The highest BCUT2D eigenvalue weighted by Crippen LogP contribution is 2.35. The molecule has 0 aromatic rings. The minimum atomic E-state index is -0.954. The van der Waals surface area contributed by atoms with Gasteiger partial charge in [-0.25, -0.2) is 0 Å². The van der Waals surface area contributed by atoms with E-state index in [0.29, 0.717) is 13.2 Å². The van der Waals surface area contributed by atoms with Gasteiger partial charge in [0.25, 0.3) is 0 Å². The second-order valence-corrected chi connectivity index (χ2v) is 5.99. The van der Waals surface area contributed by atoms with E-state index in [-0.39, 0.29) is 17.6 Å². The first kappa shape index (κ1) is 16.0. The van der Waals surface area contributed by atoms with Crippen LogP contribution in [0.5, 0.6) is 0 Å². The fourth-order valence-corrected chi connectivity index (χ4v) is 1.95. The summed E-state index contributed by atoms with van der Waals surface area (Å²) in [5.41, 5.74) is -0.0619. The summed E-state index contributed by atoms with van der Waals surface area (Å²) in [5, 5.41) is 0. The first-order valence-corrected chi connectivity index (χ1v) is 6.86. The fraction of sp³-hybridized carbons (Fsp3) is 1.00. The van der Waals surface area contributed by atoms with Crippen LogP contribution in [0.1, 0.15) is 41.0 Å². The molecule has 0 aromatic heterocycles. The Bertz CT molecular complexity index is 257. The van der Waals surface area contributed by atoms with E-state index >= 15 is 0 Å². The number of rotatable bonds is 6. The Labute approximate surface area is 112 Å². The summed E-state index contributed by atoms with van der Waals surface area (Å²) in [4.78, 5) is 0. The molecule has 18 heavy (non-hydrogen) atoms. The molecule has 1 heterocycles. The second kappa shape index (κ2) is 6.37. The summed E-state index contributed by atoms with van der Waals surface area (Å²) in [5.74, 6) is -0.954. The van der Waals surface area contributed by atoms with Gasteiger partial charge < -0.3 is 18.9 Å². The SMILES string of the molecule is BC1(OC(C)C)OCC(C)(C)C(COCCC)O1. The van der Waals surface area contributed by atoms with Crippen molar-refractivity contribution in [2.45, 2.75) is 59.1 Å². The van der Waals surface area contributed by atoms with Crippen molar-refractivity contribution >= 4 is 7.85 Å². The van der Waals surface area contributed by atoms with Gasteiger partial charge >= 0.3 is 0 Å². The van der Waals surface area contributed by atoms with Crippen LogP contribution >= 0.6 is 0 Å². The Morgan fingerprint density at radius 1 is 1.39 bits per heavy atom. The highest BCUT2D eigenvalue weighted by Gasteiger charge is 2.45. The molecule has 0 bridgehead atoms. The minimum absolute atomic E-state index is 0.0125. The highest BCUT2D eigenvalue weighted by molar-refractivity contribution is 6.12. The standard InChI is InChI=1S/C13H27BO4/c1-6-7-15-8-11-12(4,5)9-16-13(14,18-11)17-10(2)3/h10-11H,6-9,14H2,1-5H3. The summed E-state index contributed by atoms with van der Waals surface area (Å²) in [6, 6.07) is 0. The van der Waals surface area contributed by atoms with E-state index < -0.39 is 5.87 Å². The molecule has 0 spiro atoms. The molecule has 1 aliphatic heterocycles. The van der Waals surface area contributed by atoms with Crippen molar-refractivity contribution in [2.75, 3.05) is 19.8 Å². The van der Waals surface area contributed by atoms with Gasteiger partial charge in [0.15, 0.2) is 0 Å². The molecule has 2 unspecified atom stereocenters. The molecule has 0 aromatic carbocycles. The van der Waals surface area contributed by atoms with Crippen molar-refractivity contribution in [2.24, 2.45) is 5.41 Å². The third-order valence-corrected chi connectivity index (χ3v) is 3.00. The van der Waals surface area contributed by atoms with E-state index in [4.69, 9.17) is 18.9 Å². The molecule has 0 aliphatic carbocycles. The smallest absolute Gasteiger partial charge is 0.230 e. The van der Waals surface area contributed by atoms with E-state index in [1.807, 2.05) is 21.7 Å². The molecule has 5 heteroatoms. The summed E-state index contributed by atoms with van der Waals surface area (Å²) in [7, 11) is 1.83. The number of ether oxygens (including phenoxy) is 4. The minimum Gasteiger partial charge on any atom is -0.379 e. The normalized spacial score (nSPS) is 31.8. The van der Waals surface area contributed by atoms with Crippen LogP contribution in [0.25, 0.3) is 0 Å². The zero-order valence-electron chi connectivity index (χ0n) is 12.6. The summed E-state index contributed by atoms with van der Waals surface area (Å²) in [6.45, 7) is 12.3. The van der Waals surface area contributed by atoms with E-state index in [1.54, 1.807) is 0 Å². The molecule has 2 atom stereocenters. The predicted molar refractivity (Wildman–Crippen MR) is 73.2 cm³/mol. The molecular formula is C13H27BO4. The van der Waals surface area contributed by atoms with Crippen LogP contribution in [0.2, 0.25) is 0 Å². The molecule has 0 amide bonds. The maximum atomic E-state index is 5.98. The van der Waals surface area contributed by atoms with Crippen LogP contribution in [-0.4, -0.2) is 45.7 Å². The van der Waals surface area contributed by atoms with E-state index in [0.717, 1.165) is 13.0 Å². The van der Waals surface area contributed by atoms with Crippen molar-refractivity contribution in [3.63, 3.8) is 0 Å². The largest absolute Gasteiger partial charge is 0.379 e. The van der Waals surface area contributed by atoms with Gasteiger partial charge in [0, 0.05) is 12.0 Å². The molecule has 1 saturated heterocycles. The maximum absolute atomic E-state index is 5.98. The van der Waals surface area contributed by atoms with Crippen LogP contribution < -0.4 is 0 Å². The molecule has 1 fully saturated rings. The van der Waals surface area contributed by atoms with Gasteiger partial charge in [0.05, 0.1) is 25.4 Å². The molecule has 106 valence electrons. The zero-order valence-corrected chi connectivity index (χ0v) is 12.6. The Kier molecular flexibility index (Phi) is 5.65. The fourth-order valence-electron chi connectivity index (χ4n) is 1.95. The third kappa shape index (κ3) is 4.54. The lowest BCUT2D eigenvalue weighted by Crippen LogP contribution is -2.57. The van der Waals surface area contributed by atoms with Gasteiger partial charge in [-0.2, -0.15) is 0 Å². The van der Waals surface area contributed by atoms with Gasteiger partial charge in [-0.15, -0.1) is 0 Å². The topological polar surface area (TPSA) is 36.9 Å². The van der Waals surface area contributed by atoms with Crippen LogP contribution in [0.15, 0.2) is 0 Å². The molecule has 0 radical (unpaired) electrons. The lowest BCUT2D eigenvalue weighted by Gasteiger charge is -2.47. The van der Waals surface area contributed by atoms with Crippen molar-refractivity contribution < 1.29 is 18.9 Å². The summed E-state index contributed by atoms with van der Waals surface area (Å²) < 4.78 is 23.0. The van der Waals surface area contributed by atoms with E-state index in [1.165, 1.54) is 0 Å². The monoisotopic (exact) mass is 258 g/mol. The first-order valence-electron chi connectivity index (χ1n) is 6.86. The predicted octanol–water partition coefficient (Wildman–Crippen LogP) is 1.52. The average Bonchev–Trinajstić information content (AvgIpc) is 2.23. The molecule has 1 aliphatic rings. The van der Waals surface area contributed by atoms with Crippen molar-refractivity contribution in [3.05, 3.63) is 0 Å². The average molecular weight is 258 g/mol. The van der Waals surface area contributed by atoms with Crippen LogP contribution in [-0.2, 0) is 18.9 Å².